The van der Waals surface area contributed by atoms with E-state index in [0.29, 0.717) is 0 Å². The number of phenols is 4. The molecule has 15 nitrogen and oxygen atoms in total. The maximum absolute atomic E-state index is 10.9. The number of ether oxygens (including phenoxy) is 5. The van der Waals surface area contributed by atoms with Gasteiger partial charge in [-0.25, -0.2) is 0 Å². The lowest BCUT2D eigenvalue weighted by Crippen LogP contribution is -2.63. The zero-order valence-corrected chi connectivity index (χ0v) is 21.2. The molecule has 10 N–H and O–H groups in total. The van der Waals surface area contributed by atoms with E-state index in [0.717, 1.165) is 6.07 Å². The van der Waals surface area contributed by atoms with E-state index in [1.54, 1.807) is 0 Å². The van der Waals surface area contributed by atoms with Gasteiger partial charge in [-0.05, 0) is 18.2 Å². The number of rotatable bonds is 6. The molecular weight excluding hydrogens is 552 g/mol. The van der Waals surface area contributed by atoms with Crippen LogP contribution in [0.5, 0.6) is 28.7 Å². The van der Waals surface area contributed by atoms with Crippen LogP contribution in [-0.2, 0) is 18.9 Å². The maximum Gasteiger partial charge on any atom is 0.229 e. The molecule has 3 heterocycles. The molecule has 0 aromatic heterocycles. The summed E-state index contributed by atoms with van der Waals surface area (Å²) in [6, 6.07) is 6.04. The molecule has 41 heavy (non-hydrogen) atoms. The van der Waals surface area contributed by atoms with Gasteiger partial charge in [0.15, 0.2) is 30.0 Å². The maximum atomic E-state index is 10.9. The minimum Gasteiger partial charge on any atom is -0.508 e. The molecule has 5 rings (SSSR count). The van der Waals surface area contributed by atoms with Crippen molar-refractivity contribution in [2.45, 2.75) is 61.4 Å². The number of aliphatic hydroxyl groups excluding tert-OH is 6. The van der Waals surface area contributed by atoms with Gasteiger partial charge in [0, 0.05) is 17.7 Å². The standard InChI is InChI=1S/C26H30O15/c27-7-18-20(34)21(35)24(41-25-22(36)19(33)15(32)8-37-25)26(40-18)39-17-6-11-13(30)4-10(28)5-16(11)38-23(17)9-1-2-12(29)14(31)3-9/h1-6,15,18-36H,7-8H2. The number of phenolic OH excluding ortho intramolecular Hbond substituents is 4. The number of benzene rings is 2. The van der Waals surface area contributed by atoms with E-state index in [1.807, 2.05) is 0 Å². The second-order valence-corrected chi connectivity index (χ2v) is 9.84. The summed E-state index contributed by atoms with van der Waals surface area (Å²) in [4.78, 5) is 0. The monoisotopic (exact) mass is 582 g/mol. The van der Waals surface area contributed by atoms with Crippen LogP contribution in [0.25, 0.3) is 6.08 Å². The molecule has 15 heteroatoms. The highest BCUT2D eigenvalue weighted by atomic mass is 16.8. The van der Waals surface area contributed by atoms with Crippen LogP contribution in [0.4, 0.5) is 0 Å². The van der Waals surface area contributed by atoms with E-state index >= 15 is 0 Å². The smallest absolute Gasteiger partial charge is 0.229 e. The summed E-state index contributed by atoms with van der Waals surface area (Å²) in [5.41, 5.74) is 0.309. The fourth-order valence-corrected chi connectivity index (χ4v) is 4.76. The third kappa shape index (κ3) is 5.59. The summed E-state index contributed by atoms with van der Waals surface area (Å²) in [6.45, 7) is -1.17. The van der Waals surface area contributed by atoms with Gasteiger partial charge >= 0.3 is 0 Å². The highest BCUT2D eigenvalue weighted by Gasteiger charge is 2.50. The van der Waals surface area contributed by atoms with Crippen LogP contribution in [-0.4, -0.2) is 120 Å². The third-order valence-electron chi connectivity index (χ3n) is 7.02. The molecule has 3 aliphatic heterocycles. The Balaban J connectivity index is 1.51. The van der Waals surface area contributed by atoms with Gasteiger partial charge in [-0.1, -0.05) is 6.07 Å². The second-order valence-electron chi connectivity index (χ2n) is 9.84. The van der Waals surface area contributed by atoms with E-state index in [-0.39, 0.29) is 34.1 Å². The van der Waals surface area contributed by atoms with Crippen molar-refractivity contribution in [1.82, 2.24) is 0 Å². The lowest BCUT2D eigenvalue weighted by atomic mass is 9.98. The summed E-state index contributed by atoms with van der Waals surface area (Å²) < 4.78 is 28.6. The number of hydrogen-bond donors (Lipinski definition) is 10. The predicted octanol–water partition coefficient (Wildman–Crippen LogP) is -1.74. The van der Waals surface area contributed by atoms with Crippen molar-refractivity contribution >= 4 is 6.08 Å². The summed E-state index contributed by atoms with van der Waals surface area (Å²) in [7, 11) is 0. The zero-order valence-electron chi connectivity index (χ0n) is 21.2. The van der Waals surface area contributed by atoms with Crippen molar-refractivity contribution in [3.05, 3.63) is 47.2 Å². The van der Waals surface area contributed by atoms with E-state index in [9.17, 15) is 51.1 Å². The van der Waals surface area contributed by atoms with Gasteiger partial charge in [0.05, 0.1) is 18.8 Å². The quantitative estimate of drug-likeness (QED) is 0.170. The van der Waals surface area contributed by atoms with Crippen molar-refractivity contribution in [3.63, 3.8) is 0 Å². The lowest BCUT2D eigenvalue weighted by molar-refractivity contribution is -0.352. The zero-order chi connectivity index (χ0) is 29.6. The van der Waals surface area contributed by atoms with Crippen LogP contribution in [0.15, 0.2) is 36.1 Å². The summed E-state index contributed by atoms with van der Waals surface area (Å²) in [6.07, 6.45) is -14.4. The normalized spacial score (nSPS) is 35.2. The number of aliphatic hydroxyl groups is 6. The molecular formula is C26H30O15. The first-order valence-corrected chi connectivity index (χ1v) is 12.5. The molecule has 224 valence electrons. The van der Waals surface area contributed by atoms with Crippen molar-refractivity contribution in [2.75, 3.05) is 13.2 Å². The Bertz CT molecular complexity index is 1280. The van der Waals surface area contributed by atoms with Crippen molar-refractivity contribution < 1.29 is 74.7 Å². The minimum absolute atomic E-state index is 0.0275. The van der Waals surface area contributed by atoms with Crippen molar-refractivity contribution in [2.24, 2.45) is 0 Å². The predicted molar refractivity (Wildman–Crippen MR) is 132 cm³/mol. The molecule has 0 saturated carbocycles. The molecule has 0 bridgehead atoms. The van der Waals surface area contributed by atoms with Gasteiger partial charge in [0.2, 0.25) is 6.29 Å². The highest BCUT2D eigenvalue weighted by molar-refractivity contribution is 5.69. The molecule has 2 aromatic carbocycles. The van der Waals surface area contributed by atoms with Gasteiger partial charge in [0.1, 0.15) is 59.6 Å². The van der Waals surface area contributed by atoms with Crippen LogP contribution < -0.4 is 4.74 Å². The number of hydrogen-bond acceptors (Lipinski definition) is 15. The van der Waals surface area contributed by atoms with Crippen molar-refractivity contribution in [1.29, 1.82) is 0 Å². The molecule has 2 saturated heterocycles. The lowest BCUT2D eigenvalue weighted by Gasteiger charge is -2.45. The van der Waals surface area contributed by atoms with Crippen LogP contribution in [0.2, 0.25) is 0 Å². The Hall–Kier alpha value is -3.38. The number of fused-ring (bicyclic) bond motifs is 1. The van der Waals surface area contributed by atoms with Gasteiger partial charge in [-0.3, -0.25) is 0 Å². The first-order valence-electron chi connectivity index (χ1n) is 12.5. The minimum atomic E-state index is -1.79. The molecule has 0 amide bonds. The molecule has 3 aliphatic rings. The van der Waals surface area contributed by atoms with Gasteiger partial charge < -0.3 is 74.7 Å². The molecule has 2 aromatic rings. The van der Waals surface area contributed by atoms with E-state index in [2.05, 4.69) is 0 Å². The number of aromatic hydroxyl groups is 4. The average Bonchev–Trinajstić information content (AvgIpc) is 2.94. The first kappa shape index (κ1) is 29.1. The van der Waals surface area contributed by atoms with Crippen LogP contribution in [0.1, 0.15) is 17.2 Å². The molecule has 2 fully saturated rings. The molecule has 10 atom stereocenters. The Morgan fingerprint density at radius 1 is 0.805 bits per heavy atom. The van der Waals surface area contributed by atoms with E-state index < -0.39 is 86.1 Å². The summed E-state index contributed by atoms with van der Waals surface area (Å²) >= 11 is 0. The SMILES string of the molecule is OCC1OC(OC2=Cc3c(O)cc(O)cc3OC2c2ccc(O)c(O)c2)C(OC2OCC(O)C(O)C2O)C(O)C1O. The molecule has 10 unspecified atom stereocenters. The van der Waals surface area contributed by atoms with Crippen LogP contribution in [0.3, 0.4) is 0 Å². The van der Waals surface area contributed by atoms with Gasteiger partial charge in [0.25, 0.3) is 0 Å². The fourth-order valence-electron chi connectivity index (χ4n) is 4.76. The fraction of sp³-hybridized carbons (Fsp3) is 0.462. The topological polar surface area (TPSA) is 248 Å². The largest absolute Gasteiger partial charge is 0.508 e. The van der Waals surface area contributed by atoms with Crippen LogP contribution >= 0.6 is 0 Å². The summed E-state index contributed by atoms with van der Waals surface area (Å²) in [5.74, 6) is -1.69. The molecule has 0 spiro atoms. The first-order chi connectivity index (χ1) is 19.5. The van der Waals surface area contributed by atoms with Gasteiger partial charge in [-0.2, -0.15) is 0 Å². The highest BCUT2D eigenvalue weighted by Crippen LogP contribution is 2.45. The summed E-state index contributed by atoms with van der Waals surface area (Å²) in [5, 5.41) is 101. The molecule has 0 aliphatic carbocycles. The molecule has 0 radical (unpaired) electrons. The Morgan fingerprint density at radius 2 is 1.56 bits per heavy atom. The Morgan fingerprint density at radius 3 is 2.27 bits per heavy atom. The average molecular weight is 583 g/mol. The second kappa shape index (κ2) is 11.5. The van der Waals surface area contributed by atoms with E-state index in [4.69, 9.17) is 23.7 Å². The van der Waals surface area contributed by atoms with Crippen molar-refractivity contribution in [3.8, 4) is 28.7 Å². The Kier molecular flexibility index (Phi) is 8.15. The van der Waals surface area contributed by atoms with E-state index in [1.165, 1.54) is 30.3 Å². The third-order valence-corrected chi connectivity index (χ3v) is 7.02. The Labute approximate surface area is 231 Å². The van der Waals surface area contributed by atoms with Crippen LogP contribution in [0, 0.1) is 0 Å². The van der Waals surface area contributed by atoms with Gasteiger partial charge in [-0.15, -0.1) is 0 Å².